The summed E-state index contributed by atoms with van der Waals surface area (Å²) in [6.45, 7) is 2.46. The minimum Gasteiger partial charge on any atom is -0.394 e. The fraction of sp³-hybridized carbons (Fsp3) is 0.448. The van der Waals surface area contributed by atoms with Crippen LogP contribution in [0.4, 0.5) is 18.9 Å². The van der Waals surface area contributed by atoms with Crippen LogP contribution in [0.25, 0.3) is 11.3 Å². The van der Waals surface area contributed by atoms with E-state index in [9.17, 15) is 38.1 Å². The number of ether oxygens (including phenoxy) is 2. The summed E-state index contributed by atoms with van der Waals surface area (Å²) in [5.41, 5.74) is 0.952. The zero-order chi connectivity index (χ0) is 32.7. The number of carbonyl (C=O) groups excluding carboxylic acids is 2. The van der Waals surface area contributed by atoms with Gasteiger partial charge in [-0.15, -0.1) is 5.10 Å². The van der Waals surface area contributed by atoms with Crippen molar-refractivity contribution in [1.29, 1.82) is 0 Å². The topological polar surface area (TPSA) is 150 Å². The number of methoxy groups -OCH3 is 1. The maximum atomic E-state index is 14.5. The maximum Gasteiger partial charge on any atom is 0.259 e. The highest BCUT2D eigenvalue weighted by Gasteiger charge is 2.52. The molecule has 242 valence electrons. The van der Waals surface area contributed by atoms with E-state index >= 15 is 0 Å². The lowest BCUT2D eigenvalue weighted by molar-refractivity contribution is -0.211. The molecule has 45 heavy (non-hydrogen) atoms. The van der Waals surface area contributed by atoms with Gasteiger partial charge in [0, 0.05) is 42.8 Å². The number of anilines is 1. The van der Waals surface area contributed by atoms with Gasteiger partial charge in [0.25, 0.3) is 5.91 Å². The van der Waals surface area contributed by atoms with Gasteiger partial charge in [-0.3, -0.25) is 9.59 Å². The van der Waals surface area contributed by atoms with Crippen LogP contribution in [-0.4, -0.2) is 110 Å². The third-order valence-electron chi connectivity index (χ3n) is 8.06. The first-order valence-corrected chi connectivity index (χ1v) is 14.7. The SMILES string of the molecule is COC1C(C(=O)N(c2cc(C)cc(Br)c2)[C@H]2CN(C(C)=O)C[C@@H]2O)OC(CO)C(O)C1n1cc(-c2cc(F)c(F)c(F)c2)nn1. The standard InChI is InChI=1S/C29H31BrF3N5O7/c1-13-4-16(30)8-17(5-13)38(21-10-36(14(2)40)11-22(21)41)29(43)28-27(44-3)25(26(42)23(12-39)45-28)37-9-20(34-35-37)15-6-18(31)24(33)19(32)7-15/h4-9,21-23,25-28,39,41-42H,10-12H2,1-3H3/t21-,22-,23?,25?,26?,27?,28?/m0/s1. The average molecular weight is 698 g/mol. The van der Waals surface area contributed by atoms with Crippen LogP contribution >= 0.6 is 15.9 Å². The molecule has 7 atom stereocenters. The van der Waals surface area contributed by atoms with E-state index in [0.29, 0.717) is 10.2 Å². The van der Waals surface area contributed by atoms with Gasteiger partial charge in [0.2, 0.25) is 5.91 Å². The molecule has 16 heteroatoms. The minimum absolute atomic E-state index is 0.0110. The van der Waals surface area contributed by atoms with E-state index in [1.165, 1.54) is 30.0 Å². The van der Waals surface area contributed by atoms with Crippen LogP contribution in [0.5, 0.6) is 0 Å². The van der Waals surface area contributed by atoms with Gasteiger partial charge >= 0.3 is 0 Å². The molecular formula is C29H31BrF3N5O7. The Bertz CT molecular complexity index is 1550. The third kappa shape index (κ3) is 6.35. The second-order valence-electron chi connectivity index (χ2n) is 11.1. The van der Waals surface area contributed by atoms with E-state index in [0.717, 1.165) is 22.4 Å². The Morgan fingerprint density at radius 3 is 2.40 bits per heavy atom. The summed E-state index contributed by atoms with van der Waals surface area (Å²) < 4.78 is 54.8. The zero-order valence-corrected chi connectivity index (χ0v) is 25.9. The number of aryl methyl sites for hydroxylation is 1. The molecule has 5 rings (SSSR count). The van der Waals surface area contributed by atoms with Gasteiger partial charge in [0.1, 0.15) is 30.0 Å². The van der Waals surface area contributed by atoms with Gasteiger partial charge in [-0.05, 0) is 42.8 Å². The third-order valence-corrected chi connectivity index (χ3v) is 8.51. The highest BCUT2D eigenvalue weighted by Crippen LogP contribution is 2.36. The molecule has 2 aliphatic heterocycles. The summed E-state index contributed by atoms with van der Waals surface area (Å²) in [5, 5.41) is 40.3. The zero-order valence-electron chi connectivity index (χ0n) is 24.3. The Balaban J connectivity index is 1.56. The van der Waals surface area contributed by atoms with Crippen LogP contribution in [-0.2, 0) is 19.1 Å². The summed E-state index contributed by atoms with van der Waals surface area (Å²) in [4.78, 5) is 29.5. The van der Waals surface area contributed by atoms with Crippen molar-refractivity contribution >= 4 is 33.4 Å². The average Bonchev–Trinajstić information content (AvgIpc) is 3.62. The van der Waals surface area contributed by atoms with Gasteiger partial charge < -0.3 is 34.6 Å². The first-order chi connectivity index (χ1) is 21.3. The Morgan fingerprint density at radius 1 is 1.13 bits per heavy atom. The molecule has 0 saturated carbocycles. The molecule has 3 aromatic rings. The number of aliphatic hydroxyl groups excluding tert-OH is 3. The van der Waals surface area contributed by atoms with Crippen molar-refractivity contribution < 1.29 is 47.6 Å². The fourth-order valence-corrected chi connectivity index (χ4v) is 6.47. The van der Waals surface area contributed by atoms with Gasteiger partial charge in [0.05, 0.1) is 24.9 Å². The van der Waals surface area contributed by atoms with Crippen molar-refractivity contribution in [3.8, 4) is 11.3 Å². The molecule has 2 fully saturated rings. The number of β-amino-alcohol motifs (C(OH)–C–C–N with tert-alkyl or cyclic N) is 1. The molecule has 0 aliphatic carbocycles. The first-order valence-electron chi connectivity index (χ1n) is 13.9. The Morgan fingerprint density at radius 2 is 1.82 bits per heavy atom. The molecule has 2 aliphatic rings. The molecule has 3 heterocycles. The predicted octanol–water partition coefficient (Wildman–Crippen LogP) is 1.73. The fourth-order valence-electron chi connectivity index (χ4n) is 5.87. The number of hydrogen-bond donors (Lipinski definition) is 3. The van der Waals surface area contributed by atoms with E-state index < -0.39 is 72.6 Å². The van der Waals surface area contributed by atoms with Gasteiger partial charge in [-0.25, -0.2) is 17.9 Å². The van der Waals surface area contributed by atoms with E-state index in [1.54, 1.807) is 12.1 Å². The monoisotopic (exact) mass is 697 g/mol. The molecule has 2 aromatic carbocycles. The Labute approximate surface area is 264 Å². The molecule has 12 nitrogen and oxygen atoms in total. The number of hydrogen-bond acceptors (Lipinski definition) is 9. The summed E-state index contributed by atoms with van der Waals surface area (Å²) in [5.74, 6) is -5.52. The van der Waals surface area contributed by atoms with Crippen molar-refractivity contribution in [2.75, 3.05) is 31.7 Å². The first kappa shape index (κ1) is 33.0. The van der Waals surface area contributed by atoms with Crippen molar-refractivity contribution in [2.45, 2.75) is 56.5 Å². The molecule has 0 radical (unpaired) electrons. The van der Waals surface area contributed by atoms with E-state index in [1.807, 2.05) is 13.0 Å². The lowest BCUT2D eigenvalue weighted by Crippen LogP contribution is -2.63. The van der Waals surface area contributed by atoms with Gasteiger partial charge in [-0.1, -0.05) is 21.1 Å². The smallest absolute Gasteiger partial charge is 0.259 e. The minimum atomic E-state index is -1.65. The summed E-state index contributed by atoms with van der Waals surface area (Å²) in [7, 11) is 1.27. The lowest BCUT2D eigenvalue weighted by atomic mass is 9.91. The van der Waals surface area contributed by atoms with Crippen LogP contribution < -0.4 is 4.90 Å². The largest absolute Gasteiger partial charge is 0.394 e. The number of aromatic nitrogens is 3. The number of nitrogens with zero attached hydrogens (tertiary/aromatic N) is 5. The maximum absolute atomic E-state index is 14.5. The number of rotatable bonds is 7. The number of halogens is 4. The van der Waals surface area contributed by atoms with Crippen LogP contribution in [0.1, 0.15) is 18.5 Å². The molecular weight excluding hydrogens is 667 g/mol. The number of likely N-dealkylation sites (tertiary alicyclic amines) is 1. The molecule has 2 saturated heterocycles. The van der Waals surface area contributed by atoms with Crippen LogP contribution in [0.15, 0.2) is 41.0 Å². The number of carbonyl (C=O) groups is 2. The molecule has 0 spiro atoms. The normalized spacial score (nSPS) is 26.7. The molecule has 3 N–H and O–H groups in total. The molecule has 5 unspecified atom stereocenters. The summed E-state index contributed by atoms with van der Waals surface area (Å²) in [6.07, 6.45) is -5.49. The van der Waals surface area contributed by atoms with Crippen LogP contribution in [0, 0.1) is 24.4 Å². The second kappa shape index (κ2) is 13.1. The molecule has 0 bridgehead atoms. The number of amides is 2. The Kier molecular flexibility index (Phi) is 9.62. The summed E-state index contributed by atoms with van der Waals surface area (Å²) in [6, 6.07) is 4.56. The lowest BCUT2D eigenvalue weighted by Gasteiger charge is -2.45. The van der Waals surface area contributed by atoms with Crippen molar-refractivity contribution in [2.24, 2.45) is 0 Å². The van der Waals surface area contributed by atoms with Gasteiger partial charge in [0.15, 0.2) is 23.6 Å². The quantitative estimate of drug-likeness (QED) is 0.314. The van der Waals surface area contributed by atoms with Crippen LogP contribution in [0.2, 0.25) is 0 Å². The number of benzene rings is 2. The molecule has 1 aromatic heterocycles. The van der Waals surface area contributed by atoms with Gasteiger partial charge in [-0.2, -0.15) is 0 Å². The van der Waals surface area contributed by atoms with E-state index in [-0.39, 0.29) is 30.3 Å². The highest BCUT2D eigenvalue weighted by molar-refractivity contribution is 9.10. The van der Waals surface area contributed by atoms with Crippen molar-refractivity contribution in [3.63, 3.8) is 0 Å². The number of aliphatic hydroxyl groups is 3. The summed E-state index contributed by atoms with van der Waals surface area (Å²) >= 11 is 3.44. The predicted molar refractivity (Wildman–Crippen MR) is 155 cm³/mol. The Hall–Kier alpha value is -3.41. The van der Waals surface area contributed by atoms with Crippen LogP contribution in [0.3, 0.4) is 0 Å². The van der Waals surface area contributed by atoms with E-state index in [4.69, 9.17) is 9.47 Å². The second-order valence-corrected chi connectivity index (χ2v) is 12.0. The highest BCUT2D eigenvalue weighted by atomic mass is 79.9. The molecule has 2 amide bonds. The van der Waals surface area contributed by atoms with Crippen molar-refractivity contribution in [3.05, 3.63) is 64.0 Å². The van der Waals surface area contributed by atoms with Crippen molar-refractivity contribution in [1.82, 2.24) is 19.9 Å². The van der Waals surface area contributed by atoms with E-state index in [2.05, 4.69) is 26.2 Å².